The number of hydrogen-bond acceptors (Lipinski definition) is 4. The van der Waals surface area contributed by atoms with Gasteiger partial charge >= 0.3 is 0 Å². The summed E-state index contributed by atoms with van der Waals surface area (Å²) in [6, 6.07) is 17.3. The molecule has 6 heteroatoms. The first kappa shape index (κ1) is 16.3. The summed E-state index contributed by atoms with van der Waals surface area (Å²) in [5, 5.41) is 0. The number of imidazole rings is 1. The highest BCUT2D eigenvalue weighted by Gasteiger charge is 2.21. The maximum atomic E-state index is 13.1. The molecular formula is C22H16N4O2. The molecule has 0 amide bonds. The second kappa shape index (κ2) is 6.66. The fourth-order valence-corrected chi connectivity index (χ4v) is 3.28. The Kier molecular flexibility index (Phi) is 3.87. The summed E-state index contributed by atoms with van der Waals surface area (Å²) < 4.78 is 6.99. The number of rotatable bonds is 4. The molecular weight excluding hydrogens is 352 g/mol. The van der Waals surface area contributed by atoms with Gasteiger partial charge < -0.3 is 9.40 Å². The van der Waals surface area contributed by atoms with Crippen molar-refractivity contribution in [2.24, 2.45) is 0 Å². The number of nitrogens with one attached hydrogen (secondary N) is 1. The van der Waals surface area contributed by atoms with Gasteiger partial charge in [0, 0.05) is 24.2 Å². The van der Waals surface area contributed by atoms with E-state index >= 15 is 0 Å². The molecule has 0 saturated carbocycles. The molecule has 6 nitrogen and oxygen atoms in total. The predicted molar refractivity (Wildman–Crippen MR) is 106 cm³/mol. The van der Waals surface area contributed by atoms with Crippen molar-refractivity contribution in [1.82, 2.24) is 19.5 Å². The first-order valence-corrected chi connectivity index (χ1v) is 8.92. The fraction of sp³-hybridized carbons (Fsp3) is 0.0455. The third-order valence-corrected chi connectivity index (χ3v) is 4.63. The molecule has 5 rings (SSSR count). The summed E-state index contributed by atoms with van der Waals surface area (Å²) >= 11 is 0. The van der Waals surface area contributed by atoms with Crippen LogP contribution in [-0.2, 0) is 6.42 Å². The minimum absolute atomic E-state index is 0.150. The summed E-state index contributed by atoms with van der Waals surface area (Å²) in [7, 11) is 0. The first-order valence-electron chi connectivity index (χ1n) is 8.92. The van der Waals surface area contributed by atoms with Crippen LogP contribution in [-0.4, -0.2) is 19.5 Å². The van der Waals surface area contributed by atoms with Gasteiger partial charge in [0.1, 0.15) is 11.5 Å². The van der Waals surface area contributed by atoms with Crippen LogP contribution in [0.15, 0.2) is 88.7 Å². The molecule has 0 unspecified atom stereocenters. The van der Waals surface area contributed by atoms with E-state index in [1.54, 1.807) is 35.5 Å². The third kappa shape index (κ3) is 2.81. The number of aromatic amines is 1. The topological polar surface area (TPSA) is 76.7 Å². The quantitative estimate of drug-likeness (QED) is 0.522. The predicted octanol–water partition coefficient (Wildman–Crippen LogP) is 3.91. The number of benzene rings is 1. The van der Waals surface area contributed by atoms with E-state index in [4.69, 9.17) is 4.42 Å². The monoisotopic (exact) mass is 368 g/mol. The molecule has 0 radical (unpaired) electrons. The van der Waals surface area contributed by atoms with Crippen molar-refractivity contribution in [2.75, 3.05) is 0 Å². The largest absolute Gasteiger partial charge is 0.469 e. The minimum Gasteiger partial charge on any atom is -0.469 e. The highest BCUT2D eigenvalue weighted by molar-refractivity contribution is 5.71. The molecule has 136 valence electrons. The number of pyridine rings is 1. The van der Waals surface area contributed by atoms with Gasteiger partial charge in [0.05, 0.1) is 24.1 Å². The molecule has 0 bridgehead atoms. The average molecular weight is 368 g/mol. The summed E-state index contributed by atoms with van der Waals surface area (Å²) in [5.74, 6) is 1.27. The van der Waals surface area contributed by atoms with Crippen LogP contribution in [0, 0.1) is 0 Å². The standard InChI is InChI=1S/C22H16N4O2/c27-22-18(12-17-9-5-11-28-17)25-21-20(16-8-4-10-23-13-16)24-19(14-26(21)22)15-6-2-1-3-7-15/h1-11,13-14,24H,12H2. The lowest BCUT2D eigenvalue weighted by Crippen LogP contribution is -2.16. The molecule has 0 atom stereocenters. The number of H-pyrrole nitrogens is 1. The fourth-order valence-electron chi connectivity index (χ4n) is 3.28. The van der Waals surface area contributed by atoms with Gasteiger partial charge in [0.25, 0.3) is 5.56 Å². The molecule has 2 aromatic heterocycles. The van der Waals surface area contributed by atoms with Gasteiger partial charge in [0.15, 0.2) is 5.82 Å². The Hall–Kier alpha value is -3.93. The highest BCUT2D eigenvalue weighted by Crippen LogP contribution is 2.28. The molecule has 0 spiro atoms. The van der Waals surface area contributed by atoms with E-state index in [2.05, 4.69) is 15.0 Å². The van der Waals surface area contributed by atoms with Crippen molar-refractivity contribution in [2.45, 2.75) is 6.42 Å². The molecule has 0 aliphatic carbocycles. The van der Waals surface area contributed by atoms with Crippen LogP contribution in [0.4, 0.5) is 0 Å². The van der Waals surface area contributed by atoms with E-state index in [1.807, 2.05) is 48.5 Å². The molecule has 28 heavy (non-hydrogen) atoms. The van der Waals surface area contributed by atoms with E-state index in [0.29, 0.717) is 23.7 Å². The maximum absolute atomic E-state index is 13.1. The van der Waals surface area contributed by atoms with Crippen molar-refractivity contribution in [1.29, 1.82) is 0 Å². The minimum atomic E-state index is -0.150. The molecule has 3 aromatic rings. The van der Waals surface area contributed by atoms with Crippen LogP contribution in [0.3, 0.4) is 0 Å². The van der Waals surface area contributed by atoms with Crippen LogP contribution >= 0.6 is 0 Å². The van der Waals surface area contributed by atoms with Crippen molar-refractivity contribution in [3.05, 3.63) is 101 Å². The lowest BCUT2D eigenvalue weighted by atomic mass is 10.1. The van der Waals surface area contributed by atoms with Crippen LogP contribution in [0.1, 0.15) is 11.5 Å². The number of hydrogen-bond donors (Lipinski definition) is 1. The Labute approximate surface area is 160 Å². The second-order valence-corrected chi connectivity index (χ2v) is 6.46. The number of fused-ring (bicyclic) bond motifs is 1. The van der Waals surface area contributed by atoms with Crippen molar-refractivity contribution < 1.29 is 4.42 Å². The Balaban J connectivity index is 1.74. The van der Waals surface area contributed by atoms with Gasteiger partial charge in [0.2, 0.25) is 0 Å². The highest BCUT2D eigenvalue weighted by atomic mass is 16.3. The van der Waals surface area contributed by atoms with Crippen LogP contribution in [0.25, 0.3) is 28.3 Å². The second-order valence-electron chi connectivity index (χ2n) is 6.46. The summed E-state index contributed by atoms with van der Waals surface area (Å²) in [6.45, 7) is 0. The molecule has 1 N–H and O–H groups in total. The number of aromatic nitrogens is 4. The zero-order valence-corrected chi connectivity index (χ0v) is 14.9. The zero-order chi connectivity index (χ0) is 18.9. The van der Waals surface area contributed by atoms with Gasteiger partial charge in [-0.25, -0.2) is 4.98 Å². The first-order chi connectivity index (χ1) is 13.8. The molecule has 4 heterocycles. The van der Waals surface area contributed by atoms with Gasteiger partial charge in [-0.05, 0) is 29.8 Å². The summed E-state index contributed by atoms with van der Waals surface area (Å²) in [5.41, 5.74) is 3.71. The Morgan fingerprint density at radius 1 is 1.00 bits per heavy atom. The van der Waals surface area contributed by atoms with E-state index < -0.39 is 0 Å². The van der Waals surface area contributed by atoms with Crippen molar-refractivity contribution in [3.8, 4) is 28.3 Å². The number of furan rings is 1. The van der Waals surface area contributed by atoms with Crippen LogP contribution in [0.5, 0.6) is 0 Å². The summed E-state index contributed by atoms with van der Waals surface area (Å²) in [6.07, 6.45) is 7.21. The lowest BCUT2D eigenvalue weighted by molar-refractivity contribution is 0.519. The Morgan fingerprint density at radius 2 is 1.86 bits per heavy atom. The van der Waals surface area contributed by atoms with E-state index in [0.717, 1.165) is 22.5 Å². The summed E-state index contributed by atoms with van der Waals surface area (Å²) in [4.78, 5) is 25.3. The zero-order valence-electron chi connectivity index (χ0n) is 14.9. The van der Waals surface area contributed by atoms with E-state index in [9.17, 15) is 4.79 Å². The average Bonchev–Trinajstić information content (AvgIpc) is 3.37. The third-order valence-electron chi connectivity index (χ3n) is 4.63. The molecule has 2 aliphatic rings. The number of nitrogens with zero attached hydrogens (tertiary/aromatic N) is 3. The Morgan fingerprint density at radius 3 is 2.61 bits per heavy atom. The SMILES string of the molecule is O=c1c(Cc2ccco2)nc2c(-c3cccnc3)[nH]c(-c3ccccc3)cn1-2. The van der Waals surface area contributed by atoms with Crippen molar-refractivity contribution in [3.63, 3.8) is 0 Å². The smallest absolute Gasteiger partial charge is 0.278 e. The molecule has 1 aromatic carbocycles. The normalized spacial score (nSPS) is 11.1. The molecule has 2 aliphatic heterocycles. The van der Waals surface area contributed by atoms with Gasteiger partial charge in [-0.15, -0.1) is 0 Å². The van der Waals surface area contributed by atoms with E-state index in [-0.39, 0.29) is 5.56 Å². The van der Waals surface area contributed by atoms with Crippen LogP contribution < -0.4 is 5.56 Å². The Bertz CT molecular complexity index is 1240. The lowest BCUT2D eigenvalue weighted by Gasteiger charge is -2.13. The van der Waals surface area contributed by atoms with Gasteiger partial charge in [-0.2, -0.15) is 0 Å². The van der Waals surface area contributed by atoms with E-state index in [1.165, 1.54) is 0 Å². The molecule has 0 saturated heterocycles. The molecule has 0 fully saturated rings. The maximum Gasteiger partial charge on any atom is 0.278 e. The van der Waals surface area contributed by atoms with Gasteiger partial charge in [-0.3, -0.25) is 14.3 Å². The van der Waals surface area contributed by atoms with Crippen molar-refractivity contribution >= 4 is 0 Å². The van der Waals surface area contributed by atoms with Gasteiger partial charge in [-0.1, -0.05) is 30.3 Å². The van der Waals surface area contributed by atoms with Crippen LogP contribution in [0.2, 0.25) is 0 Å².